The topological polar surface area (TPSA) is 111 Å². The molecule has 0 bridgehead atoms. The average molecular weight is 512 g/mol. The van der Waals surface area contributed by atoms with Gasteiger partial charge in [-0.25, -0.2) is 9.78 Å². The Morgan fingerprint density at radius 3 is 2.43 bits per heavy atom. The number of nitrogens with two attached hydrogens (primary N) is 1. The maximum Gasteiger partial charge on any atom is 0.339 e. The summed E-state index contributed by atoms with van der Waals surface area (Å²) in [6.07, 6.45) is 3.41. The summed E-state index contributed by atoms with van der Waals surface area (Å²) in [4.78, 5) is 41.8. The van der Waals surface area contributed by atoms with Crippen molar-refractivity contribution in [1.29, 1.82) is 0 Å². The van der Waals surface area contributed by atoms with E-state index < -0.39 is 24.4 Å². The van der Waals surface area contributed by atoms with E-state index in [4.69, 9.17) is 27.1 Å². The van der Waals surface area contributed by atoms with Crippen molar-refractivity contribution in [3.8, 4) is 0 Å². The summed E-state index contributed by atoms with van der Waals surface area (Å²) in [6, 6.07) is 21.0. The van der Waals surface area contributed by atoms with Gasteiger partial charge in [-0.15, -0.1) is 0 Å². The van der Waals surface area contributed by atoms with Crippen molar-refractivity contribution in [2.45, 2.75) is 12.8 Å². The molecule has 37 heavy (non-hydrogen) atoms. The van der Waals surface area contributed by atoms with E-state index in [2.05, 4.69) is 11.4 Å². The second-order valence-corrected chi connectivity index (χ2v) is 9.05. The number of anilines is 1. The number of halogens is 1. The summed E-state index contributed by atoms with van der Waals surface area (Å²) in [5.41, 5.74) is 10.7. The smallest absolute Gasteiger partial charge is 0.339 e. The highest BCUT2D eigenvalue weighted by Gasteiger charge is 2.28. The maximum atomic E-state index is 13.3. The second-order valence-electron chi connectivity index (χ2n) is 8.62. The van der Waals surface area contributed by atoms with Gasteiger partial charge in [-0.05, 0) is 78.1 Å². The molecule has 0 saturated heterocycles. The lowest BCUT2D eigenvalue weighted by atomic mass is 10.0. The van der Waals surface area contributed by atoms with Crippen LogP contribution in [0.5, 0.6) is 0 Å². The Balaban J connectivity index is 1.39. The number of benzene rings is 3. The van der Waals surface area contributed by atoms with Crippen molar-refractivity contribution < 1.29 is 19.1 Å². The van der Waals surface area contributed by atoms with Crippen LogP contribution in [0.3, 0.4) is 0 Å². The average Bonchev–Trinajstić information content (AvgIpc) is 3.29. The van der Waals surface area contributed by atoms with Gasteiger partial charge < -0.3 is 15.8 Å². The van der Waals surface area contributed by atoms with Crippen molar-refractivity contribution in [3.63, 3.8) is 0 Å². The van der Waals surface area contributed by atoms with Gasteiger partial charge in [0.15, 0.2) is 6.61 Å². The third-order valence-corrected chi connectivity index (χ3v) is 6.40. The molecule has 4 aromatic rings. The van der Waals surface area contributed by atoms with Crippen LogP contribution >= 0.6 is 11.6 Å². The molecule has 0 aliphatic heterocycles. The predicted molar refractivity (Wildman–Crippen MR) is 143 cm³/mol. The Kier molecular flexibility index (Phi) is 6.70. The number of para-hydroxylation sites is 1. The molecule has 1 aliphatic rings. The minimum Gasteiger partial charge on any atom is -0.452 e. The van der Waals surface area contributed by atoms with Crippen LogP contribution in [0.15, 0.2) is 72.8 Å². The number of rotatable bonds is 6. The van der Waals surface area contributed by atoms with Gasteiger partial charge in [-0.2, -0.15) is 0 Å². The zero-order chi connectivity index (χ0) is 25.9. The number of fused-ring (bicyclic) bond motifs is 2. The predicted octanol–water partition coefficient (Wildman–Crippen LogP) is 5.27. The number of hydrogen-bond acceptors (Lipinski definition) is 5. The molecule has 5 rings (SSSR count). The van der Waals surface area contributed by atoms with Crippen molar-refractivity contribution in [2.75, 3.05) is 11.9 Å². The van der Waals surface area contributed by atoms with Crippen LogP contribution in [-0.4, -0.2) is 29.4 Å². The van der Waals surface area contributed by atoms with Gasteiger partial charge in [0.25, 0.3) is 5.91 Å². The molecule has 8 heteroatoms. The highest BCUT2D eigenvalue weighted by atomic mass is 35.5. The summed E-state index contributed by atoms with van der Waals surface area (Å²) >= 11 is 6.02. The molecule has 7 nitrogen and oxygen atoms in total. The number of primary amides is 1. The van der Waals surface area contributed by atoms with Crippen LogP contribution in [0, 0.1) is 0 Å². The van der Waals surface area contributed by atoms with Gasteiger partial charge in [0, 0.05) is 21.7 Å². The van der Waals surface area contributed by atoms with E-state index >= 15 is 0 Å². The number of carbonyl (C=O) groups excluding carboxylic acids is 3. The Morgan fingerprint density at radius 2 is 1.70 bits per heavy atom. The zero-order valence-corrected chi connectivity index (χ0v) is 20.4. The Labute approximate surface area is 217 Å². The van der Waals surface area contributed by atoms with E-state index in [1.54, 1.807) is 12.1 Å². The summed E-state index contributed by atoms with van der Waals surface area (Å²) in [6.45, 7) is -0.463. The summed E-state index contributed by atoms with van der Waals surface area (Å²) in [5, 5.41) is 3.99. The number of nitrogens with zero attached hydrogens (tertiary/aromatic N) is 1. The highest BCUT2D eigenvalue weighted by molar-refractivity contribution is 6.30. The second kappa shape index (κ2) is 10.2. The van der Waals surface area contributed by atoms with E-state index in [0.717, 1.165) is 28.8 Å². The van der Waals surface area contributed by atoms with E-state index in [0.29, 0.717) is 39.2 Å². The van der Waals surface area contributed by atoms with Crippen LogP contribution in [0.4, 0.5) is 5.69 Å². The molecule has 2 amide bonds. The molecule has 1 aliphatic carbocycles. The minimum absolute atomic E-state index is 0.326. The molecule has 1 heterocycles. The van der Waals surface area contributed by atoms with Gasteiger partial charge in [0.1, 0.15) is 0 Å². The van der Waals surface area contributed by atoms with Crippen molar-refractivity contribution >= 4 is 57.6 Å². The first-order valence-corrected chi connectivity index (χ1v) is 12.0. The number of nitrogens with one attached hydrogen (secondary N) is 1. The molecular weight excluding hydrogens is 490 g/mol. The summed E-state index contributed by atoms with van der Waals surface area (Å²) in [5.74, 6) is -1.64. The molecule has 3 aromatic carbocycles. The molecule has 3 N–H and O–H groups in total. The molecule has 0 radical (unpaired) electrons. The van der Waals surface area contributed by atoms with Crippen molar-refractivity contribution in [3.05, 3.63) is 106 Å². The fraction of sp³-hybridized carbons (Fsp3) is 0.103. The van der Waals surface area contributed by atoms with Gasteiger partial charge >= 0.3 is 5.97 Å². The highest BCUT2D eigenvalue weighted by Crippen LogP contribution is 2.37. The van der Waals surface area contributed by atoms with E-state index in [9.17, 15) is 14.4 Å². The van der Waals surface area contributed by atoms with Crippen LogP contribution < -0.4 is 11.1 Å². The van der Waals surface area contributed by atoms with Crippen LogP contribution in [0.25, 0.3) is 22.6 Å². The van der Waals surface area contributed by atoms with E-state index in [1.165, 1.54) is 12.1 Å². The quantitative estimate of drug-likeness (QED) is 0.342. The third kappa shape index (κ3) is 5.22. The molecule has 0 fully saturated rings. The first-order valence-electron chi connectivity index (χ1n) is 11.6. The van der Waals surface area contributed by atoms with Crippen LogP contribution in [0.2, 0.25) is 5.02 Å². The summed E-state index contributed by atoms with van der Waals surface area (Å²) in [7, 11) is 0. The zero-order valence-electron chi connectivity index (χ0n) is 19.7. The first-order chi connectivity index (χ1) is 17.9. The van der Waals surface area contributed by atoms with Crippen LogP contribution in [-0.2, 0) is 16.0 Å². The third-order valence-electron chi connectivity index (χ3n) is 6.14. The first kappa shape index (κ1) is 24.2. The molecule has 184 valence electrons. The van der Waals surface area contributed by atoms with Gasteiger partial charge in [0.05, 0.1) is 16.8 Å². The van der Waals surface area contributed by atoms with Gasteiger partial charge in [-0.3, -0.25) is 9.59 Å². The van der Waals surface area contributed by atoms with Crippen LogP contribution in [0.1, 0.15) is 44.0 Å². The number of amides is 2. The Morgan fingerprint density at radius 1 is 0.973 bits per heavy atom. The lowest BCUT2D eigenvalue weighted by Crippen LogP contribution is -2.22. The maximum absolute atomic E-state index is 13.3. The molecule has 0 atom stereocenters. The number of allylic oxidation sites excluding steroid dienone is 1. The SMILES string of the molecule is NC(=O)c1ccc(NC(=O)COC(=O)c2c3c(nc4ccccc24)/C(=C/c2ccc(Cl)cc2)CC3)cc1. The number of pyridine rings is 1. The number of aromatic nitrogens is 1. The molecule has 1 aromatic heterocycles. The van der Waals surface area contributed by atoms with Crippen molar-refractivity contribution in [1.82, 2.24) is 4.98 Å². The number of esters is 1. The number of hydrogen-bond donors (Lipinski definition) is 2. The molecule has 0 unspecified atom stereocenters. The van der Waals surface area contributed by atoms with Gasteiger partial charge in [-0.1, -0.05) is 41.9 Å². The number of carbonyl (C=O) groups is 3. The summed E-state index contributed by atoms with van der Waals surface area (Å²) < 4.78 is 5.44. The molecule has 0 spiro atoms. The largest absolute Gasteiger partial charge is 0.452 e. The number of ether oxygens (including phenoxy) is 1. The fourth-order valence-corrected chi connectivity index (χ4v) is 4.52. The monoisotopic (exact) mass is 511 g/mol. The Hall–Kier alpha value is -4.49. The Bertz CT molecular complexity index is 1560. The standard InChI is InChI=1S/C29H22ClN3O4/c30-20-10-5-17(6-11-20)15-19-9-14-23-26(22-3-1-2-4-24(22)33-27(19)23)29(36)37-16-25(34)32-21-12-7-18(8-13-21)28(31)35/h1-8,10-13,15H,9,14,16H2,(H2,31,35)(H,32,34)/b19-15+. The minimum atomic E-state index is -0.582. The van der Waals surface area contributed by atoms with E-state index in [-0.39, 0.29) is 0 Å². The fourth-order valence-electron chi connectivity index (χ4n) is 4.39. The van der Waals surface area contributed by atoms with Crippen molar-refractivity contribution in [2.24, 2.45) is 5.73 Å². The lowest BCUT2D eigenvalue weighted by Gasteiger charge is -2.12. The normalized spacial score (nSPS) is 13.4. The molecule has 0 saturated carbocycles. The van der Waals surface area contributed by atoms with E-state index in [1.807, 2.05) is 48.5 Å². The van der Waals surface area contributed by atoms with Gasteiger partial charge in [0.2, 0.25) is 5.91 Å². The molecular formula is C29H22ClN3O4. The lowest BCUT2D eigenvalue weighted by molar-refractivity contribution is -0.119.